The molecule has 20 rings (SSSR count). The zero-order valence-corrected chi connectivity index (χ0v) is 68.6. The number of rotatable bonds is 15. The zero-order valence-electron chi connectivity index (χ0n) is 68.6. The molecule has 0 unspecified atom stereocenters. The van der Waals surface area contributed by atoms with Crippen molar-refractivity contribution in [3.8, 4) is 171 Å². The minimum Gasteiger partial charge on any atom is -0.261 e. The normalized spacial score (nSPS) is 10.6. The molecular weight excluding hydrogens is 1550 g/mol. The summed E-state index contributed by atoms with van der Waals surface area (Å²) in [5.74, 6) is 10.2. The van der Waals surface area contributed by atoms with E-state index in [0.717, 1.165) is 83.7 Å². The molecule has 20 aromatic rings. The largest absolute Gasteiger partial charge is 0.261 e. The van der Waals surface area contributed by atoms with E-state index in [0.29, 0.717) is 110 Å². The molecule has 0 N–H and O–H groups in total. The molecule has 0 spiro atoms. The van der Waals surface area contributed by atoms with Crippen LogP contribution in [0.5, 0.6) is 0 Å². The van der Waals surface area contributed by atoms with Crippen molar-refractivity contribution in [1.29, 1.82) is 0 Å². The molecule has 0 saturated heterocycles. The lowest BCUT2D eigenvalue weighted by atomic mass is 10.1. The number of nitrogens with zero attached hydrogens (tertiary/aromatic N) is 23. The monoisotopic (exact) mass is 1620 g/mol. The van der Waals surface area contributed by atoms with Gasteiger partial charge in [0.1, 0.15) is 22.9 Å². The van der Waals surface area contributed by atoms with Crippen LogP contribution in [0.15, 0.2) is 377 Å². The first kappa shape index (κ1) is 81.5. The van der Waals surface area contributed by atoms with Gasteiger partial charge < -0.3 is 0 Å². The number of hydrogen-bond acceptors (Lipinski definition) is 23. The Hall–Kier alpha value is -17.2. The average Bonchev–Trinajstić information content (AvgIpc) is 0.823. The lowest BCUT2D eigenvalue weighted by Gasteiger charge is -2.08. The molecule has 0 aliphatic heterocycles. The van der Waals surface area contributed by atoms with Crippen molar-refractivity contribution < 1.29 is 0 Å². The van der Waals surface area contributed by atoms with Crippen molar-refractivity contribution in [2.24, 2.45) is 0 Å². The van der Waals surface area contributed by atoms with E-state index >= 15 is 0 Å². The van der Waals surface area contributed by atoms with E-state index in [1.165, 1.54) is 5.56 Å². The van der Waals surface area contributed by atoms with Gasteiger partial charge in [0.05, 0.1) is 5.56 Å². The van der Waals surface area contributed by atoms with E-state index in [1.54, 1.807) is 43.4 Å². The fraction of sp³-hybridized carbons (Fsp3) is 0.0490. The maximum absolute atomic E-state index is 4.67. The van der Waals surface area contributed by atoms with E-state index in [-0.39, 0.29) is 0 Å². The predicted molar refractivity (Wildman–Crippen MR) is 487 cm³/mol. The van der Waals surface area contributed by atoms with Gasteiger partial charge in [0.15, 0.2) is 87.4 Å². The van der Waals surface area contributed by atoms with Crippen molar-refractivity contribution in [3.63, 3.8) is 0 Å². The molecule has 23 heteroatoms. The molecule has 0 atom stereocenters. The molecule has 9 aromatic carbocycles. The molecular formula is C102H77N23. The van der Waals surface area contributed by atoms with Crippen molar-refractivity contribution in [3.05, 3.63) is 405 Å². The summed E-state index contributed by atoms with van der Waals surface area (Å²) in [5.41, 5.74) is 16.5. The molecule has 0 aliphatic carbocycles. The molecule has 11 aromatic heterocycles. The molecule has 0 fully saturated rings. The van der Waals surface area contributed by atoms with Crippen LogP contribution in [0.3, 0.4) is 0 Å². The molecule has 0 bridgehead atoms. The van der Waals surface area contributed by atoms with Crippen LogP contribution in [-0.4, -0.2) is 115 Å². The van der Waals surface area contributed by atoms with Crippen molar-refractivity contribution >= 4 is 0 Å². The lowest BCUT2D eigenvalue weighted by molar-refractivity contribution is 1.02. The van der Waals surface area contributed by atoms with Crippen LogP contribution in [-0.2, 0) is 0 Å². The third-order valence-corrected chi connectivity index (χ3v) is 18.9. The first-order valence-electron chi connectivity index (χ1n) is 40.1. The lowest BCUT2D eigenvalue weighted by Crippen LogP contribution is -2.02. The van der Waals surface area contributed by atoms with Gasteiger partial charge in [-0.15, -0.1) is 0 Å². The number of hydrogen-bond donors (Lipinski definition) is 0. The van der Waals surface area contributed by atoms with Crippen molar-refractivity contribution in [1.82, 2.24) is 115 Å². The summed E-state index contributed by atoms with van der Waals surface area (Å²) < 4.78 is 0. The smallest absolute Gasteiger partial charge is 0.201 e. The topological polar surface area (TPSA) is 296 Å². The Bertz CT molecular complexity index is 5600. The molecule has 23 nitrogen and oxygen atoms in total. The first-order valence-corrected chi connectivity index (χ1v) is 40.1. The van der Waals surface area contributed by atoms with E-state index in [2.05, 4.69) is 122 Å². The summed E-state index contributed by atoms with van der Waals surface area (Å²) in [4.78, 5) is 104. The van der Waals surface area contributed by atoms with Crippen LogP contribution in [0.2, 0.25) is 0 Å². The van der Waals surface area contributed by atoms with Gasteiger partial charge in [0, 0.05) is 111 Å². The molecule has 600 valence electrons. The Balaban J connectivity index is 0.000000115. The van der Waals surface area contributed by atoms with Crippen LogP contribution in [0.4, 0.5) is 0 Å². The summed E-state index contributed by atoms with van der Waals surface area (Å²) in [7, 11) is 0. The van der Waals surface area contributed by atoms with Crippen LogP contribution in [0, 0.1) is 34.6 Å². The third kappa shape index (κ3) is 21.6. The van der Waals surface area contributed by atoms with Crippen molar-refractivity contribution in [2.75, 3.05) is 0 Å². The Labute approximate surface area is 721 Å². The SMILES string of the molecule is Cc1ccc(-c2nc(-c3ccccc3)nc(-c3ccccc3)n2)cn1.Cc1ccc(-c2nc(-c3ccccc3)nc(-c3ccccc3)n2)nc1.Cc1ccc(-c2nc(-c3ccccn3)nc(-c3ccccn3)n2)cc1.Cc1cnc(-c2nc(-c3ccccc3)nc(-c3ccccc3)n2)nc1.Cc1ncc(-c2nc(-c3ccccc3)nc(-c3ccccc3)n2)cn1. The summed E-state index contributed by atoms with van der Waals surface area (Å²) in [5, 5.41) is 0. The molecule has 11 heterocycles. The van der Waals surface area contributed by atoms with Gasteiger partial charge in [0.2, 0.25) is 5.82 Å². The number of pyridine rings is 4. The Morgan fingerprint density at radius 3 is 0.680 bits per heavy atom. The van der Waals surface area contributed by atoms with E-state index < -0.39 is 0 Å². The van der Waals surface area contributed by atoms with E-state index in [9.17, 15) is 0 Å². The van der Waals surface area contributed by atoms with Gasteiger partial charge >= 0.3 is 0 Å². The van der Waals surface area contributed by atoms with Gasteiger partial charge in [-0.2, -0.15) is 0 Å². The Morgan fingerprint density at radius 1 is 0.136 bits per heavy atom. The summed E-state index contributed by atoms with van der Waals surface area (Å²) >= 11 is 0. The maximum atomic E-state index is 4.67. The summed E-state index contributed by atoms with van der Waals surface area (Å²) in [6.07, 6.45) is 14.1. The fourth-order valence-corrected chi connectivity index (χ4v) is 12.4. The highest BCUT2D eigenvalue weighted by molar-refractivity contribution is 5.71. The van der Waals surface area contributed by atoms with E-state index in [1.807, 2.05) is 361 Å². The highest BCUT2D eigenvalue weighted by Gasteiger charge is 2.20. The second kappa shape index (κ2) is 40.0. The minimum absolute atomic E-state index is 0.465. The van der Waals surface area contributed by atoms with Gasteiger partial charge in [-0.25, -0.2) is 94.7 Å². The Kier molecular flexibility index (Phi) is 26.1. The second-order valence-corrected chi connectivity index (χ2v) is 28.3. The van der Waals surface area contributed by atoms with Crippen LogP contribution in [0.25, 0.3) is 171 Å². The maximum Gasteiger partial charge on any atom is 0.201 e. The van der Waals surface area contributed by atoms with Gasteiger partial charge in [-0.05, 0) is 88.2 Å². The molecule has 0 radical (unpaired) electrons. The van der Waals surface area contributed by atoms with Crippen LogP contribution < -0.4 is 0 Å². The van der Waals surface area contributed by atoms with Gasteiger partial charge in [-0.3, -0.25) is 19.9 Å². The molecule has 0 amide bonds. The Morgan fingerprint density at radius 2 is 0.384 bits per heavy atom. The quantitative estimate of drug-likeness (QED) is 0.0921. The highest BCUT2D eigenvalue weighted by Crippen LogP contribution is 2.31. The molecule has 0 saturated carbocycles. The number of aromatic nitrogens is 23. The van der Waals surface area contributed by atoms with Crippen LogP contribution in [0.1, 0.15) is 28.2 Å². The highest BCUT2D eigenvalue weighted by atomic mass is 15.1. The summed E-state index contributed by atoms with van der Waals surface area (Å²) in [6.45, 7) is 9.82. The molecule has 125 heavy (non-hydrogen) atoms. The van der Waals surface area contributed by atoms with Gasteiger partial charge in [0.25, 0.3) is 0 Å². The average molecular weight is 1620 g/mol. The summed E-state index contributed by atoms with van der Waals surface area (Å²) in [6, 6.07) is 107. The number of aryl methyl sites for hydroxylation is 5. The second-order valence-electron chi connectivity index (χ2n) is 28.3. The first-order chi connectivity index (χ1) is 61.5. The number of benzene rings is 9. The third-order valence-electron chi connectivity index (χ3n) is 18.9. The standard InChI is InChI=1S/2C21H16N4.3C20H15N5/c1-15-12-13-18(14-22-15)21-24-19(16-8-4-2-5-9-16)23-20(25-21)17-10-6-3-7-11-17;1-15-12-13-18(22-14-15)21-24-19(16-8-4-2-5-9-16)23-20(25-21)17-10-6-3-7-11-17;1-14-8-10-15(11-9-14)18-23-19(16-6-2-4-12-21-16)25-20(24-18)17-7-3-5-13-22-17;1-14-21-12-17(13-22-14)20-24-18(15-8-4-2-5-9-15)23-19(25-20)16-10-6-3-7-11-16;1-14-12-21-19(22-13-14)20-24-17(15-8-4-2-5-9-15)23-18(25-20)16-10-6-3-7-11-16/h2*2-14H,1H3;3*2-13H,1H3. The van der Waals surface area contributed by atoms with Crippen LogP contribution >= 0.6 is 0 Å². The van der Waals surface area contributed by atoms with Gasteiger partial charge in [-0.1, -0.05) is 291 Å². The minimum atomic E-state index is 0.465. The van der Waals surface area contributed by atoms with Crippen molar-refractivity contribution in [2.45, 2.75) is 34.6 Å². The molecule has 0 aliphatic rings. The fourth-order valence-electron chi connectivity index (χ4n) is 12.4. The predicted octanol–water partition coefficient (Wildman–Crippen LogP) is 21.1. The van der Waals surface area contributed by atoms with E-state index in [4.69, 9.17) is 0 Å². The zero-order chi connectivity index (χ0) is 85.3.